The molecule has 1 heterocycles. The number of nitrogens with one attached hydrogen (secondary N) is 2. The van der Waals surface area contributed by atoms with Crippen LogP contribution in [0.5, 0.6) is 0 Å². The van der Waals surface area contributed by atoms with Crippen LogP contribution in [-0.2, 0) is 0 Å². The van der Waals surface area contributed by atoms with Gasteiger partial charge in [-0.2, -0.15) is 5.10 Å². The first-order valence-corrected chi connectivity index (χ1v) is 6.55. The van der Waals surface area contributed by atoms with E-state index in [0.717, 1.165) is 22.3 Å². The molecule has 2 aromatic rings. The molecule has 0 bridgehead atoms. The Morgan fingerprint density at radius 1 is 1.44 bits per heavy atom. The molecule has 1 aromatic carbocycles. The van der Waals surface area contributed by atoms with E-state index in [1.807, 2.05) is 6.07 Å². The van der Waals surface area contributed by atoms with E-state index in [9.17, 15) is 0 Å². The van der Waals surface area contributed by atoms with Crippen molar-refractivity contribution in [3.05, 3.63) is 18.3 Å². The van der Waals surface area contributed by atoms with Crippen LogP contribution < -0.4 is 11.1 Å². The van der Waals surface area contributed by atoms with Crippen LogP contribution in [-0.4, -0.2) is 16.2 Å². The Bertz CT molecular complexity index is 570. The molecule has 1 saturated carbocycles. The van der Waals surface area contributed by atoms with Crippen LogP contribution >= 0.6 is 0 Å². The first kappa shape index (κ1) is 11.4. The van der Waals surface area contributed by atoms with E-state index >= 15 is 0 Å². The van der Waals surface area contributed by atoms with Crippen molar-refractivity contribution >= 4 is 22.3 Å². The van der Waals surface area contributed by atoms with Gasteiger partial charge in [0.1, 0.15) is 0 Å². The van der Waals surface area contributed by atoms with E-state index in [1.165, 1.54) is 19.3 Å². The second kappa shape index (κ2) is 3.90. The van der Waals surface area contributed by atoms with Crippen LogP contribution in [0.1, 0.15) is 33.1 Å². The van der Waals surface area contributed by atoms with E-state index in [0.29, 0.717) is 11.5 Å². The maximum atomic E-state index is 6.11. The molecule has 4 nitrogen and oxygen atoms in total. The Kier molecular flexibility index (Phi) is 2.47. The monoisotopic (exact) mass is 244 g/mol. The van der Waals surface area contributed by atoms with Crippen molar-refractivity contribution in [2.24, 2.45) is 5.41 Å². The smallest absolute Gasteiger partial charge is 0.0672 e. The quantitative estimate of drug-likeness (QED) is 0.711. The molecule has 0 aliphatic heterocycles. The maximum Gasteiger partial charge on any atom is 0.0672 e. The summed E-state index contributed by atoms with van der Waals surface area (Å²) in [6, 6.07) is 4.54. The zero-order valence-corrected chi connectivity index (χ0v) is 11.0. The summed E-state index contributed by atoms with van der Waals surface area (Å²) in [5, 5.41) is 11.7. The Morgan fingerprint density at radius 3 is 3.00 bits per heavy atom. The number of nitrogens with two attached hydrogens (primary N) is 1. The lowest BCUT2D eigenvalue weighted by Crippen LogP contribution is -2.31. The number of aromatic amines is 1. The summed E-state index contributed by atoms with van der Waals surface area (Å²) in [7, 11) is 0. The highest BCUT2D eigenvalue weighted by Crippen LogP contribution is 2.40. The van der Waals surface area contributed by atoms with Gasteiger partial charge in [0, 0.05) is 11.4 Å². The van der Waals surface area contributed by atoms with Gasteiger partial charge in [-0.15, -0.1) is 0 Å². The van der Waals surface area contributed by atoms with Crippen LogP contribution in [0.2, 0.25) is 0 Å². The van der Waals surface area contributed by atoms with Crippen molar-refractivity contribution in [1.29, 1.82) is 0 Å². The van der Waals surface area contributed by atoms with E-state index in [4.69, 9.17) is 5.73 Å². The van der Waals surface area contributed by atoms with Gasteiger partial charge < -0.3 is 11.1 Å². The standard InChI is InChI=1S/C14H20N4/c1-14(2)5-3-4-13(14)17-12-7-11-9(6-10(12)15)8-16-18-11/h6-8,13,17H,3-5,15H2,1-2H3,(H,16,18). The highest BCUT2D eigenvalue weighted by molar-refractivity contribution is 5.88. The number of anilines is 2. The van der Waals surface area contributed by atoms with Crippen molar-refractivity contribution in [2.45, 2.75) is 39.2 Å². The normalized spacial score (nSPS) is 22.4. The number of hydrogen-bond donors (Lipinski definition) is 3. The molecule has 1 atom stereocenters. The van der Waals surface area contributed by atoms with Gasteiger partial charge >= 0.3 is 0 Å². The third-order valence-electron chi connectivity index (χ3n) is 4.20. The topological polar surface area (TPSA) is 66.7 Å². The number of aromatic nitrogens is 2. The summed E-state index contributed by atoms with van der Waals surface area (Å²) in [5.41, 5.74) is 9.30. The molecule has 0 spiro atoms. The largest absolute Gasteiger partial charge is 0.397 e. The number of benzene rings is 1. The van der Waals surface area contributed by atoms with Gasteiger partial charge in [0.25, 0.3) is 0 Å². The van der Waals surface area contributed by atoms with Crippen LogP contribution in [0, 0.1) is 5.41 Å². The van der Waals surface area contributed by atoms with Gasteiger partial charge in [0.2, 0.25) is 0 Å². The molecule has 4 N–H and O–H groups in total. The predicted molar refractivity (Wildman–Crippen MR) is 75.5 cm³/mol. The molecular formula is C14H20N4. The summed E-state index contributed by atoms with van der Waals surface area (Å²) < 4.78 is 0. The fourth-order valence-electron chi connectivity index (χ4n) is 2.92. The minimum Gasteiger partial charge on any atom is -0.397 e. The second-order valence-corrected chi connectivity index (χ2v) is 5.97. The van der Waals surface area contributed by atoms with Gasteiger partial charge in [-0.3, -0.25) is 5.10 Å². The molecule has 0 amide bonds. The van der Waals surface area contributed by atoms with E-state index < -0.39 is 0 Å². The molecule has 1 aliphatic rings. The predicted octanol–water partition coefficient (Wildman–Crippen LogP) is 3.14. The highest BCUT2D eigenvalue weighted by Gasteiger charge is 2.34. The lowest BCUT2D eigenvalue weighted by atomic mass is 9.87. The molecule has 3 rings (SSSR count). The van der Waals surface area contributed by atoms with Crippen LogP contribution in [0.15, 0.2) is 18.3 Å². The van der Waals surface area contributed by atoms with Crippen molar-refractivity contribution in [3.63, 3.8) is 0 Å². The Labute approximate surface area is 107 Å². The third kappa shape index (κ3) is 1.82. The minimum atomic E-state index is 0.343. The number of hydrogen-bond acceptors (Lipinski definition) is 3. The van der Waals surface area contributed by atoms with E-state index in [-0.39, 0.29) is 0 Å². The molecular weight excluding hydrogens is 224 g/mol. The Hall–Kier alpha value is -1.71. The van der Waals surface area contributed by atoms with Crippen LogP contribution in [0.25, 0.3) is 10.9 Å². The van der Waals surface area contributed by atoms with E-state index in [2.05, 4.69) is 35.4 Å². The van der Waals surface area contributed by atoms with Gasteiger partial charge in [-0.05, 0) is 30.4 Å². The van der Waals surface area contributed by atoms with Crippen molar-refractivity contribution in [3.8, 4) is 0 Å². The molecule has 1 fully saturated rings. The molecule has 1 aromatic heterocycles. The van der Waals surface area contributed by atoms with Gasteiger partial charge in [-0.1, -0.05) is 20.3 Å². The lowest BCUT2D eigenvalue weighted by Gasteiger charge is -2.29. The van der Waals surface area contributed by atoms with Gasteiger partial charge in [0.05, 0.1) is 23.1 Å². The van der Waals surface area contributed by atoms with Crippen molar-refractivity contribution < 1.29 is 0 Å². The first-order chi connectivity index (χ1) is 8.56. The molecule has 0 radical (unpaired) electrons. The minimum absolute atomic E-state index is 0.343. The summed E-state index contributed by atoms with van der Waals surface area (Å²) in [6.45, 7) is 4.64. The first-order valence-electron chi connectivity index (χ1n) is 6.55. The van der Waals surface area contributed by atoms with Crippen LogP contribution in [0.4, 0.5) is 11.4 Å². The third-order valence-corrected chi connectivity index (χ3v) is 4.20. The molecule has 0 saturated heterocycles. The summed E-state index contributed by atoms with van der Waals surface area (Å²) >= 11 is 0. The maximum absolute atomic E-state index is 6.11. The molecule has 18 heavy (non-hydrogen) atoms. The Morgan fingerprint density at radius 2 is 2.28 bits per heavy atom. The average molecular weight is 244 g/mol. The summed E-state index contributed by atoms with van der Waals surface area (Å²) in [4.78, 5) is 0. The van der Waals surface area contributed by atoms with E-state index in [1.54, 1.807) is 6.20 Å². The number of fused-ring (bicyclic) bond motifs is 1. The fraction of sp³-hybridized carbons (Fsp3) is 0.500. The molecule has 96 valence electrons. The van der Waals surface area contributed by atoms with Gasteiger partial charge in [0.15, 0.2) is 0 Å². The highest BCUT2D eigenvalue weighted by atomic mass is 15.1. The number of rotatable bonds is 2. The summed E-state index contributed by atoms with van der Waals surface area (Å²) in [6.07, 6.45) is 5.58. The van der Waals surface area contributed by atoms with Crippen LogP contribution in [0.3, 0.4) is 0 Å². The molecule has 1 aliphatic carbocycles. The van der Waals surface area contributed by atoms with Crippen molar-refractivity contribution in [1.82, 2.24) is 10.2 Å². The number of nitrogens with zero attached hydrogens (tertiary/aromatic N) is 1. The molecule has 4 heteroatoms. The SMILES string of the molecule is CC1(C)CCCC1Nc1cc2[nH]ncc2cc1N. The lowest BCUT2D eigenvalue weighted by molar-refractivity contribution is 0.350. The fourth-order valence-corrected chi connectivity index (χ4v) is 2.92. The van der Waals surface area contributed by atoms with Gasteiger partial charge in [-0.25, -0.2) is 0 Å². The number of H-pyrrole nitrogens is 1. The molecule has 1 unspecified atom stereocenters. The summed E-state index contributed by atoms with van der Waals surface area (Å²) in [5.74, 6) is 0. The Balaban J connectivity index is 1.92. The zero-order chi connectivity index (χ0) is 12.8. The zero-order valence-electron chi connectivity index (χ0n) is 11.0. The number of nitrogen functional groups attached to an aromatic ring is 1. The van der Waals surface area contributed by atoms with Crippen molar-refractivity contribution in [2.75, 3.05) is 11.1 Å². The average Bonchev–Trinajstić information content (AvgIpc) is 2.86. The second-order valence-electron chi connectivity index (χ2n) is 5.97.